The molecule has 0 radical (unpaired) electrons. The summed E-state index contributed by atoms with van der Waals surface area (Å²) < 4.78 is 13.6. The number of nitrogens with one attached hydrogen (secondary N) is 1. The molecule has 1 fully saturated rings. The minimum absolute atomic E-state index is 0.140. The largest absolute Gasteiger partial charge is 0.399 e. The Morgan fingerprint density at radius 3 is 2.60 bits per heavy atom. The van der Waals surface area contributed by atoms with E-state index in [1.165, 1.54) is 18.2 Å². The van der Waals surface area contributed by atoms with Crippen LogP contribution in [0.15, 0.2) is 18.2 Å². The van der Waals surface area contributed by atoms with Crippen molar-refractivity contribution in [1.82, 2.24) is 4.90 Å². The highest BCUT2D eigenvalue weighted by Crippen LogP contribution is 2.26. The van der Waals surface area contributed by atoms with E-state index < -0.39 is 5.82 Å². The first-order chi connectivity index (χ1) is 9.40. The molecule has 1 heterocycles. The van der Waals surface area contributed by atoms with Crippen LogP contribution < -0.4 is 11.1 Å². The highest BCUT2D eigenvalue weighted by atomic mass is 19.1. The summed E-state index contributed by atoms with van der Waals surface area (Å²) in [5.41, 5.74) is 6.19. The van der Waals surface area contributed by atoms with Crippen LogP contribution in [0, 0.1) is 5.82 Å². The number of nitrogens with zero attached hydrogens (tertiary/aromatic N) is 1. The Balaban J connectivity index is 2.09. The minimum Gasteiger partial charge on any atom is -0.399 e. The lowest BCUT2D eigenvalue weighted by atomic mass is 10.2. The van der Waals surface area contributed by atoms with E-state index in [0.29, 0.717) is 17.8 Å². The van der Waals surface area contributed by atoms with Crippen molar-refractivity contribution in [2.45, 2.75) is 51.7 Å². The van der Waals surface area contributed by atoms with Crippen LogP contribution in [-0.4, -0.2) is 28.9 Å². The number of anilines is 2. The molecular formula is C15H22FN3O. The van der Waals surface area contributed by atoms with Gasteiger partial charge in [0.1, 0.15) is 5.82 Å². The molecule has 5 heteroatoms. The van der Waals surface area contributed by atoms with E-state index in [1.807, 2.05) is 6.92 Å². The topological polar surface area (TPSA) is 58.4 Å². The smallest absolute Gasteiger partial charge is 0.241 e. The minimum atomic E-state index is -0.470. The van der Waals surface area contributed by atoms with Gasteiger partial charge in [-0.15, -0.1) is 0 Å². The second-order valence-corrected chi connectivity index (χ2v) is 5.63. The van der Waals surface area contributed by atoms with Crippen LogP contribution in [0.5, 0.6) is 0 Å². The van der Waals surface area contributed by atoms with Gasteiger partial charge in [-0.05, 0) is 51.8 Å². The summed E-state index contributed by atoms with van der Waals surface area (Å²) in [5.74, 6) is -0.669. The number of nitrogens with two attached hydrogens (primary N) is 1. The fourth-order valence-electron chi connectivity index (χ4n) is 2.99. The summed E-state index contributed by atoms with van der Waals surface area (Å²) in [6.07, 6.45) is 2.18. The first kappa shape index (κ1) is 14.8. The van der Waals surface area contributed by atoms with Gasteiger partial charge in [-0.2, -0.15) is 0 Å². The van der Waals surface area contributed by atoms with E-state index in [4.69, 9.17) is 5.73 Å². The molecule has 1 aliphatic rings. The van der Waals surface area contributed by atoms with Crippen molar-refractivity contribution in [3.63, 3.8) is 0 Å². The Bertz CT molecular complexity index is 496. The number of nitrogen functional groups attached to an aromatic ring is 1. The highest BCUT2D eigenvalue weighted by Gasteiger charge is 2.34. The van der Waals surface area contributed by atoms with Gasteiger partial charge in [0.2, 0.25) is 5.91 Å². The standard InChI is InChI=1S/C15H22FN3O/c1-9-4-5-10(2)19(9)11(3)15(20)18-14-8-12(17)6-7-13(14)16/h6-11H,4-5,17H2,1-3H3,(H,18,20). The van der Waals surface area contributed by atoms with Gasteiger partial charge in [0, 0.05) is 17.8 Å². The summed E-state index contributed by atoms with van der Waals surface area (Å²) >= 11 is 0. The number of halogens is 1. The Morgan fingerprint density at radius 1 is 1.40 bits per heavy atom. The second-order valence-electron chi connectivity index (χ2n) is 5.63. The summed E-state index contributed by atoms with van der Waals surface area (Å²) in [5, 5.41) is 2.63. The van der Waals surface area contributed by atoms with Crippen molar-refractivity contribution in [2.24, 2.45) is 0 Å². The van der Waals surface area contributed by atoms with E-state index in [1.54, 1.807) is 0 Å². The van der Waals surface area contributed by atoms with Crippen molar-refractivity contribution < 1.29 is 9.18 Å². The zero-order valence-corrected chi connectivity index (χ0v) is 12.2. The Labute approximate surface area is 119 Å². The average Bonchev–Trinajstić information content (AvgIpc) is 2.72. The molecule has 3 unspecified atom stereocenters. The molecule has 1 saturated heterocycles. The molecule has 0 aromatic heterocycles. The van der Waals surface area contributed by atoms with E-state index in [9.17, 15) is 9.18 Å². The lowest BCUT2D eigenvalue weighted by molar-refractivity contribution is -0.121. The van der Waals surface area contributed by atoms with Crippen LogP contribution in [0.2, 0.25) is 0 Å². The number of benzene rings is 1. The van der Waals surface area contributed by atoms with Gasteiger partial charge in [0.05, 0.1) is 11.7 Å². The predicted octanol–water partition coefficient (Wildman–Crippen LogP) is 2.61. The van der Waals surface area contributed by atoms with Gasteiger partial charge < -0.3 is 11.1 Å². The van der Waals surface area contributed by atoms with Crippen LogP contribution in [0.3, 0.4) is 0 Å². The van der Waals surface area contributed by atoms with Crippen molar-refractivity contribution in [3.05, 3.63) is 24.0 Å². The van der Waals surface area contributed by atoms with Gasteiger partial charge in [0.15, 0.2) is 0 Å². The maximum absolute atomic E-state index is 13.6. The Hall–Kier alpha value is -1.62. The molecule has 2 rings (SSSR count). The van der Waals surface area contributed by atoms with Crippen LogP contribution in [0.4, 0.5) is 15.8 Å². The Morgan fingerprint density at radius 2 is 2.00 bits per heavy atom. The lowest BCUT2D eigenvalue weighted by Crippen LogP contribution is -2.46. The second kappa shape index (κ2) is 5.79. The molecule has 0 aliphatic carbocycles. The maximum atomic E-state index is 13.6. The molecule has 3 atom stereocenters. The number of likely N-dealkylation sites (tertiary alicyclic amines) is 1. The number of amides is 1. The summed E-state index contributed by atoms with van der Waals surface area (Å²) in [7, 11) is 0. The van der Waals surface area contributed by atoms with E-state index in [-0.39, 0.29) is 17.6 Å². The zero-order valence-electron chi connectivity index (χ0n) is 12.2. The fourth-order valence-corrected chi connectivity index (χ4v) is 2.99. The number of carbonyl (C=O) groups is 1. The number of carbonyl (C=O) groups excluding carboxylic acids is 1. The monoisotopic (exact) mass is 279 g/mol. The first-order valence-electron chi connectivity index (χ1n) is 7.03. The number of hydrogen-bond acceptors (Lipinski definition) is 3. The van der Waals surface area contributed by atoms with E-state index >= 15 is 0 Å². The fraction of sp³-hybridized carbons (Fsp3) is 0.533. The molecule has 4 nitrogen and oxygen atoms in total. The number of hydrogen-bond donors (Lipinski definition) is 2. The molecule has 1 aromatic carbocycles. The quantitative estimate of drug-likeness (QED) is 0.836. The molecule has 20 heavy (non-hydrogen) atoms. The molecule has 0 spiro atoms. The molecule has 110 valence electrons. The molecule has 0 saturated carbocycles. The Kier molecular flexibility index (Phi) is 4.28. The molecule has 1 amide bonds. The van der Waals surface area contributed by atoms with Crippen LogP contribution in [0.25, 0.3) is 0 Å². The molecule has 3 N–H and O–H groups in total. The third-order valence-electron chi connectivity index (χ3n) is 4.10. The van der Waals surface area contributed by atoms with Crippen LogP contribution >= 0.6 is 0 Å². The zero-order chi connectivity index (χ0) is 14.9. The van der Waals surface area contributed by atoms with Crippen molar-refractivity contribution in [3.8, 4) is 0 Å². The summed E-state index contributed by atoms with van der Waals surface area (Å²) in [4.78, 5) is 14.5. The van der Waals surface area contributed by atoms with Gasteiger partial charge in [0.25, 0.3) is 0 Å². The predicted molar refractivity (Wildman–Crippen MR) is 78.9 cm³/mol. The SMILES string of the molecule is CC1CCC(C)N1C(C)C(=O)Nc1cc(N)ccc1F. The highest BCUT2D eigenvalue weighted by molar-refractivity contribution is 5.95. The van der Waals surface area contributed by atoms with E-state index in [0.717, 1.165) is 12.8 Å². The number of rotatable bonds is 3. The summed E-state index contributed by atoms with van der Waals surface area (Å²) in [6.45, 7) is 6.10. The van der Waals surface area contributed by atoms with E-state index in [2.05, 4.69) is 24.1 Å². The van der Waals surface area contributed by atoms with Crippen molar-refractivity contribution in [2.75, 3.05) is 11.1 Å². The third kappa shape index (κ3) is 2.93. The van der Waals surface area contributed by atoms with Crippen LogP contribution in [0.1, 0.15) is 33.6 Å². The third-order valence-corrected chi connectivity index (χ3v) is 4.10. The maximum Gasteiger partial charge on any atom is 0.241 e. The molecule has 1 aliphatic heterocycles. The first-order valence-corrected chi connectivity index (χ1v) is 7.03. The van der Waals surface area contributed by atoms with Crippen molar-refractivity contribution in [1.29, 1.82) is 0 Å². The van der Waals surface area contributed by atoms with Gasteiger partial charge in [-0.3, -0.25) is 9.69 Å². The van der Waals surface area contributed by atoms with Crippen molar-refractivity contribution >= 4 is 17.3 Å². The average molecular weight is 279 g/mol. The normalized spacial score (nSPS) is 24.6. The van der Waals surface area contributed by atoms with Gasteiger partial charge in [-0.1, -0.05) is 0 Å². The molecule has 0 bridgehead atoms. The van der Waals surface area contributed by atoms with Gasteiger partial charge >= 0.3 is 0 Å². The molecular weight excluding hydrogens is 257 g/mol. The molecule has 1 aromatic rings. The van der Waals surface area contributed by atoms with Crippen LogP contribution in [-0.2, 0) is 4.79 Å². The summed E-state index contributed by atoms with van der Waals surface area (Å²) in [6, 6.07) is 4.63. The lowest BCUT2D eigenvalue weighted by Gasteiger charge is -2.31. The van der Waals surface area contributed by atoms with Gasteiger partial charge in [-0.25, -0.2) is 4.39 Å².